The first-order chi connectivity index (χ1) is 9.76. The van der Waals surface area contributed by atoms with Crippen LogP contribution in [-0.2, 0) is 26.4 Å². The highest BCUT2D eigenvalue weighted by molar-refractivity contribution is 7.92. The maximum atomic E-state index is 11.9. The van der Waals surface area contributed by atoms with Crippen molar-refractivity contribution in [2.45, 2.75) is 18.6 Å². The summed E-state index contributed by atoms with van der Waals surface area (Å²) in [5, 5.41) is 0. The number of aromatic nitrogens is 2. The predicted molar refractivity (Wildman–Crippen MR) is 76.8 cm³/mol. The van der Waals surface area contributed by atoms with E-state index in [1.54, 1.807) is 12.4 Å². The van der Waals surface area contributed by atoms with Crippen molar-refractivity contribution in [3.63, 3.8) is 0 Å². The molecule has 2 fully saturated rings. The Morgan fingerprint density at radius 3 is 2.67 bits per heavy atom. The minimum atomic E-state index is -3.40. The van der Waals surface area contributed by atoms with Crippen LogP contribution in [0.5, 0.6) is 0 Å². The number of sulfonamides is 1. The van der Waals surface area contributed by atoms with Crippen molar-refractivity contribution in [2.24, 2.45) is 0 Å². The third-order valence-electron chi connectivity index (χ3n) is 4.07. The molecule has 3 heterocycles. The second-order valence-electron chi connectivity index (χ2n) is 5.59. The first kappa shape index (κ1) is 14.9. The monoisotopic (exact) mass is 334 g/mol. The molecule has 0 spiro atoms. The largest absolute Gasteiger partial charge is 0.348 e. The Bertz CT molecular complexity index is 713. The fraction of sp³-hybridized carbons (Fsp3) is 0.727. The van der Waals surface area contributed by atoms with E-state index >= 15 is 0 Å². The van der Waals surface area contributed by atoms with Crippen LogP contribution in [0.1, 0.15) is 5.82 Å². The first-order valence-corrected chi connectivity index (χ1v) is 10.3. The van der Waals surface area contributed by atoms with Gasteiger partial charge in [-0.2, -0.15) is 4.31 Å². The molecular weight excluding hydrogens is 316 g/mol. The summed E-state index contributed by atoms with van der Waals surface area (Å²) >= 11 is 0. The fourth-order valence-electron chi connectivity index (χ4n) is 3.18. The lowest BCUT2D eigenvalue weighted by Crippen LogP contribution is -2.59. The molecule has 0 amide bonds. The summed E-state index contributed by atoms with van der Waals surface area (Å²) in [6, 6.07) is -0.794. The van der Waals surface area contributed by atoms with E-state index in [0.29, 0.717) is 19.6 Å². The van der Waals surface area contributed by atoms with Crippen LogP contribution in [0.25, 0.3) is 0 Å². The molecule has 0 bridgehead atoms. The lowest BCUT2D eigenvalue weighted by atomic mass is 10.1. The van der Waals surface area contributed by atoms with Crippen LogP contribution in [-0.4, -0.2) is 78.9 Å². The van der Waals surface area contributed by atoms with Gasteiger partial charge in [0.2, 0.25) is 10.0 Å². The van der Waals surface area contributed by atoms with Crippen LogP contribution >= 0.6 is 0 Å². The van der Waals surface area contributed by atoms with Gasteiger partial charge in [-0.1, -0.05) is 0 Å². The Labute approximate surface area is 124 Å². The van der Waals surface area contributed by atoms with Crippen LogP contribution < -0.4 is 0 Å². The van der Waals surface area contributed by atoms with Crippen LogP contribution in [0.4, 0.5) is 0 Å². The van der Waals surface area contributed by atoms with Crippen molar-refractivity contribution in [2.75, 3.05) is 30.9 Å². The maximum absolute atomic E-state index is 11.9. The van der Waals surface area contributed by atoms with E-state index in [1.807, 2.05) is 4.90 Å². The Morgan fingerprint density at radius 2 is 2.05 bits per heavy atom. The fourth-order valence-corrected chi connectivity index (χ4v) is 6.40. The molecule has 0 saturated carbocycles. The highest BCUT2D eigenvalue weighted by Crippen LogP contribution is 2.29. The normalized spacial score (nSPS) is 30.3. The van der Waals surface area contributed by atoms with Crippen molar-refractivity contribution >= 4 is 19.9 Å². The summed E-state index contributed by atoms with van der Waals surface area (Å²) < 4.78 is 48.9. The third-order valence-corrected chi connectivity index (χ3v) is 7.08. The van der Waals surface area contributed by atoms with Crippen molar-refractivity contribution in [1.29, 1.82) is 0 Å². The number of H-pyrrole nitrogens is 1. The number of nitrogens with zero attached hydrogens (tertiary/aromatic N) is 3. The molecule has 0 aromatic carbocycles. The first-order valence-electron chi connectivity index (χ1n) is 6.66. The molecular formula is C11H18N4O4S2. The van der Waals surface area contributed by atoms with Gasteiger partial charge in [-0.05, 0) is 0 Å². The molecule has 10 heteroatoms. The Morgan fingerprint density at radius 1 is 1.33 bits per heavy atom. The zero-order chi connectivity index (χ0) is 15.3. The molecule has 0 radical (unpaired) electrons. The van der Waals surface area contributed by atoms with E-state index < -0.39 is 25.9 Å². The molecule has 8 nitrogen and oxygen atoms in total. The minimum absolute atomic E-state index is 0.00436. The van der Waals surface area contributed by atoms with Crippen LogP contribution in [0.3, 0.4) is 0 Å². The van der Waals surface area contributed by atoms with Crippen LogP contribution in [0.2, 0.25) is 0 Å². The average molecular weight is 334 g/mol. The lowest BCUT2D eigenvalue weighted by Gasteiger charge is -2.42. The summed E-state index contributed by atoms with van der Waals surface area (Å²) in [5.74, 6) is 0.662. The summed E-state index contributed by atoms with van der Waals surface area (Å²) in [7, 11) is -6.61. The number of sulfone groups is 1. The molecule has 1 aromatic rings. The zero-order valence-electron chi connectivity index (χ0n) is 11.6. The molecule has 3 rings (SSSR count). The second kappa shape index (κ2) is 5.04. The number of piperazine rings is 1. The number of hydrogen-bond acceptors (Lipinski definition) is 6. The van der Waals surface area contributed by atoms with E-state index in [1.165, 1.54) is 4.31 Å². The average Bonchev–Trinajstić information content (AvgIpc) is 2.93. The Kier molecular flexibility index (Phi) is 3.59. The van der Waals surface area contributed by atoms with Gasteiger partial charge in [-0.25, -0.2) is 21.8 Å². The van der Waals surface area contributed by atoms with Gasteiger partial charge in [-0.3, -0.25) is 4.90 Å². The SMILES string of the molecule is CS(=O)(=O)N1CCN(Cc2ncc[nH]2)[C@@H]2CS(=O)(=O)C[C@@H]21. The smallest absolute Gasteiger partial charge is 0.211 e. The number of aromatic amines is 1. The number of fused-ring (bicyclic) bond motifs is 1. The van der Waals surface area contributed by atoms with Gasteiger partial charge in [0.05, 0.1) is 30.3 Å². The molecule has 0 aliphatic carbocycles. The molecule has 2 saturated heterocycles. The highest BCUT2D eigenvalue weighted by Gasteiger charge is 2.49. The molecule has 21 heavy (non-hydrogen) atoms. The van der Waals surface area contributed by atoms with Crippen molar-refractivity contribution in [3.05, 3.63) is 18.2 Å². The molecule has 1 N–H and O–H groups in total. The van der Waals surface area contributed by atoms with Gasteiger partial charge >= 0.3 is 0 Å². The van der Waals surface area contributed by atoms with Gasteiger partial charge < -0.3 is 4.98 Å². The molecule has 2 aliphatic rings. The molecule has 118 valence electrons. The van der Waals surface area contributed by atoms with Crippen molar-refractivity contribution in [3.8, 4) is 0 Å². The maximum Gasteiger partial charge on any atom is 0.211 e. The Hall–Kier alpha value is -0.970. The molecule has 1 aromatic heterocycles. The third kappa shape index (κ3) is 2.98. The number of imidazole rings is 1. The second-order valence-corrected chi connectivity index (χ2v) is 9.68. The van der Waals surface area contributed by atoms with Crippen LogP contribution in [0, 0.1) is 0 Å². The summed E-state index contributed by atoms with van der Waals surface area (Å²) in [6.07, 6.45) is 4.49. The number of nitrogens with one attached hydrogen (secondary N) is 1. The lowest BCUT2D eigenvalue weighted by molar-refractivity contribution is 0.0874. The number of rotatable bonds is 3. The highest BCUT2D eigenvalue weighted by atomic mass is 32.2. The van der Waals surface area contributed by atoms with Crippen molar-refractivity contribution in [1.82, 2.24) is 19.2 Å². The van der Waals surface area contributed by atoms with Gasteiger partial charge in [0.1, 0.15) is 5.82 Å². The molecule has 2 aliphatic heterocycles. The van der Waals surface area contributed by atoms with E-state index in [2.05, 4.69) is 9.97 Å². The standard InChI is InChI=1S/C11H18N4O4S2/c1-20(16,17)15-5-4-14(6-11-12-2-3-13-11)9-7-21(18,19)8-10(9)15/h2-3,9-10H,4-8H2,1H3,(H,12,13)/t9-,10+/m1/s1. The number of hydrogen-bond donors (Lipinski definition) is 1. The van der Waals surface area contributed by atoms with Gasteiger partial charge in [0, 0.05) is 31.5 Å². The zero-order valence-corrected chi connectivity index (χ0v) is 13.3. The van der Waals surface area contributed by atoms with Gasteiger partial charge in [0.15, 0.2) is 9.84 Å². The molecule has 2 atom stereocenters. The summed E-state index contributed by atoms with van der Waals surface area (Å²) in [4.78, 5) is 9.15. The van der Waals surface area contributed by atoms with Gasteiger partial charge in [-0.15, -0.1) is 0 Å². The predicted octanol–water partition coefficient (Wildman–Crippen LogP) is -1.35. The molecule has 0 unspecified atom stereocenters. The topological polar surface area (TPSA) is 103 Å². The quantitative estimate of drug-likeness (QED) is 0.733. The van der Waals surface area contributed by atoms with E-state index in [-0.39, 0.29) is 17.5 Å². The van der Waals surface area contributed by atoms with Crippen LogP contribution in [0.15, 0.2) is 12.4 Å². The minimum Gasteiger partial charge on any atom is -0.348 e. The van der Waals surface area contributed by atoms with Crippen molar-refractivity contribution < 1.29 is 16.8 Å². The Balaban J connectivity index is 1.87. The summed E-state index contributed by atoms with van der Waals surface area (Å²) in [6.45, 7) is 1.32. The van der Waals surface area contributed by atoms with Gasteiger partial charge in [0.25, 0.3) is 0 Å². The van der Waals surface area contributed by atoms with E-state index in [4.69, 9.17) is 0 Å². The van der Waals surface area contributed by atoms with E-state index in [9.17, 15) is 16.8 Å². The summed E-state index contributed by atoms with van der Waals surface area (Å²) in [5.41, 5.74) is 0. The van der Waals surface area contributed by atoms with E-state index in [0.717, 1.165) is 12.1 Å².